The summed E-state index contributed by atoms with van der Waals surface area (Å²) < 4.78 is 0. The summed E-state index contributed by atoms with van der Waals surface area (Å²) >= 11 is 1.61. The van der Waals surface area contributed by atoms with Gasteiger partial charge in [-0.3, -0.25) is 4.79 Å². The fraction of sp³-hybridized carbons (Fsp3) is 0.500. The van der Waals surface area contributed by atoms with Crippen LogP contribution in [0.3, 0.4) is 0 Å². The van der Waals surface area contributed by atoms with Crippen LogP contribution in [0.4, 0.5) is 0 Å². The molecule has 3 rings (SSSR count). The predicted octanol–water partition coefficient (Wildman–Crippen LogP) is 2.68. The number of hydrogen-bond donors (Lipinski definition) is 1. The molecule has 5 heteroatoms. The van der Waals surface area contributed by atoms with E-state index in [0.717, 1.165) is 24.0 Å². The molecule has 0 spiro atoms. The molecule has 2 fully saturated rings. The number of rotatable bonds is 3. The SMILES string of the molecule is Cc1ccc(C)c(C(=O)N2C(C(=O)O)CSC2C2CC2)c1. The smallest absolute Gasteiger partial charge is 0.327 e. The molecule has 2 aliphatic rings. The largest absolute Gasteiger partial charge is 0.480 e. The number of nitrogens with zero attached hydrogens (tertiary/aromatic N) is 1. The molecule has 2 atom stereocenters. The van der Waals surface area contributed by atoms with Crippen molar-refractivity contribution in [2.75, 3.05) is 5.75 Å². The summed E-state index contributed by atoms with van der Waals surface area (Å²) in [7, 11) is 0. The first-order valence-electron chi connectivity index (χ1n) is 7.23. The minimum atomic E-state index is -0.899. The van der Waals surface area contributed by atoms with E-state index in [9.17, 15) is 14.7 Å². The number of amides is 1. The monoisotopic (exact) mass is 305 g/mol. The molecule has 1 aliphatic heterocycles. The van der Waals surface area contributed by atoms with Crippen LogP contribution in [-0.2, 0) is 4.79 Å². The van der Waals surface area contributed by atoms with Gasteiger partial charge in [-0.1, -0.05) is 17.7 Å². The van der Waals surface area contributed by atoms with Crippen LogP contribution in [0.5, 0.6) is 0 Å². The number of carbonyl (C=O) groups excluding carboxylic acids is 1. The van der Waals surface area contributed by atoms with Crippen LogP contribution in [0, 0.1) is 19.8 Å². The van der Waals surface area contributed by atoms with Crippen LogP contribution in [0.2, 0.25) is 0 Å². The van der Waals surface area contributed by atoms with Crippen LogP contribution in [0.15, 0.2) is 18.2 Å². The number of benzene rings is 1. The van der Waals surface area contributed by atoms with E-state index in [1.54, 1.807) is 16.7 Å². The van der Waals surface area contributed by atoms with Gasteiger partial charge < -0.3 is 10.0 Å². The molecule has 1 saturated heterocycles. The molecule has 2 unspecified atom stereocenters. The lowest BCUT2D eigenvalue weighted by Gasteiger charge is -2.28. The number of carboxylic acid groups (broad SMARTS) is 1. The molecule has 21 heavy (non-hydrogen) atoms. The second-order valence-corrected chi connectivity index (χ2v) is 7.10. The van der Waals surface area contributed by atoms with Gasteiger partial charge in [0.2, 0.25) is 0 Å². The normalized spacial score (nSPS) is 25.1. The van der Waals surface area contributed by atoms with Crippen molar-refractivity contribution >= 4 is 23.6 Å². The maximum absolute atomic E-state index is 12.9. The quantitative estimate of drug-likeness (QED) is 0.933. The summed E-state index contributed by atoms with van der Waals surface area (Å²) in [4.78, 5) is 26.0. The molecular formula is C16H19NO3S. The first kappa shape index (κ1) is 14.4. The summed E-state index contributed by atoms with van der Waals surface area (Å²) in [5.41, 5.74) is 2.56. The topological polar surface area (TPSA) is 57.6 Å². The lowest BCUT2D eigenvalue weighted by Crippen LogP contribution is -2.46. The van der Waals surface area contributed by atoms with Crippen LogP contribution >= 0.6 is 11.8 Å². The van der Waals surface area contributed by atoms with Gasteiger partial charge in [0.05, 0.1) is 5.37 Å². The fourth-order valence-corrected chi connectivity index (χ4v) is 4.46. The van der Waals surface area contributed by atoms with E-state index in [0.29, 0.717) is 17.2 Å². The molecule has 112 valence electrons. The summed E-state index contributed by atoms with van der Waals surface area (Å²) in [6.45, 7) is 3.85. The Hall–Kier alpha value is -1.49. The fourth-order valence-electron chi connectivity index (χ4n) is 2.82. The average molecular weight is 305 g/mol. The summed E-state index contributed by atoms with van der Waals surface area (Å²) in [6.07, 6.45) is 2.20. The lowest BCUT2D eigenvalue weighted by atomic mass is 10.0. The van der Waals surface area contributed by atoms with Gasteiger partial charge in [0.1, 0.15) is 6.04 Å². The number of carboxylic acids is 1. The van der Waals surface area contributed by atoms with Gasteiger partial charge in [-0.2, -0.15) is 0 Å². The highest BCUT2D eigenvalue weighted by Gasteiger charge is 2.48. The van der Waals surface area contributed by atoms with Crippen molar-refractivity contribution in [2.24, 2.45) is 5.92 Å². The van der Waals surface area contributed by atoms with Crippen molar-refractivity contribution in [3.63, 3.8) is 0 Å². The van der Waals surface area contributed by atoms with Gasteiger partial charge in [0.15, 0.2) is 0 Å². The van der Waals surface area contributed by atoms with Gasteiger partial charge in [-0.25, -0.2) is 4.79 Å². The Balaban J connectivity index is 1.95. The van der Waals surface area contributed by atoms with E-state index >= 15 is 0 Å². The molecule has 1 saturated carbocycles. The minimum absolute atomic E-state index is 0.0264. The van der Waals surface area contributed by atoms with Gasteiger partial charge in [0, 0.05) is 11.3 Å². The molecular weight excluding hydrogens is 286 g/mol. The van der Waals surface area contributed by atoms with Crippen molar-refractivity contribution in [1.29, 1.82) is 0 Å². The molecule has 1 heterocycles. The van der Waals surface area contributed by atoms with E-state index in [-0.39, 0.29) is 11.3 Å². The van der Waals surface area contributed by atoms with Crippen molar-refractivity contribution < 1.29 is 14.7 Å². The third-order valence-corrected chi connectivity index (χ3v) is 5.66. The number of thioether (sulfide) groups is 1. The molecule has 1 amide bonds. The lowest BCUT2D eigenvalue weighted by molar-refractivity contribution is -0.141. The Labute approximate surface area is 128 Å². The minimum Gasteiger partial charge on any atom is -0.480 e. The maximum atomic E-state index is 12.9. The van der Waals surface area contributed by atoms with E-state index < -0.39 is 12.0 Å². The zero-order chi connectivity index (χ0) is 15.1. The predicted molar refractivity (Wildman–Crippen MR) is 82.5 cm³/mol. The highest BCUT2D eigenvalue weighted by Crippen LogP contribution is 2.46. The Morgan fingerprint density at radius 2 is 2.00 bits per heavy atom. The summed E-state index contributed by atoms with van der Waals surface area (Å²) in [5, 5.41) is 9.44. The summed E-state index contributed by atoms with van der Waals surface area (Å²) in [6, 6.07) is 5.06. The first-order chi connectivity index (χ1) is 9.99. The molecule has 0 aromatic heterocycles. The van der Waals surface area contributed by atoms with Crippen LogP contribution in [-0.4, -0.2) is 39.1 Å². The first-order valence-corrected chi connectivity index (χ1v) is 8.28. The Kier molecular flexibility index (Phi) is 3.69. The third-order valence-electron chi connectivity index (χ3n) is 4.20. The number of aryl methyl sites for hydroxylation is 2. The van der Waals surface area contributed by atoms with E-state index in [1.807, 2.05) is 32.0 Å². The van der Waals surface area contributed by atoms with Crippen molar-refractivity contribution in [1.82, 2.24) is 4.90 Å². The second kappa shape index (κ2) is 5.37. The van der Waals surface area contributed by atoms with E-state index in [2.05, 4.69) is 0 Å². The molecule has 1 aromatic carbocycles. The van der Waals surface area contributed by atoms with Crippen molar-refractivity contribution in [3.8, 4) is 0 Å². The molecule has 4 nitrogen and oxygen atoms in total. The highest BCUT2D eigenvalue weighted by molar-refractivity contribution is 8.00. The van der Waals surface area contributed by atoms with Crippen LogP contribution < -0.4 is 0 Å². The Bertz CT molecular complexity index is 597. The van der Waals surface area contributed by atoms with Gasteiger partial charge in [-0.15, -0.1) is 11.8 Å². The van der Waals surface area contributed by atoms with Crippen molar-refractivity contribution in [2.45, 2.75) is 38.1 Å². The molecule has 0 bridgehead atoms. The third kappa shape index (κ3) is 2.67. The zero-order valence-electron chi connectivity index (χ0n) is 12.2. The average Bonchev–Trinajstić information content (AvgIpc) is 3.19. The second-order valence-electron chi connectivity index (χ2n) is 5.95. The summed E-state index contributed by atoms with van der Waals surface area (Å²) in [5.74, 6) is -0.0733. The number of hydrogen-bond acceptors (Lipinski definition) is 3. The number of carbonyl (C=O) groups is 2. The molecule has 1 N–H and O–H groups in total. The van der Waals surface area contributed by atoms with Crippen LogP contribution in [0.25, 0.3) is 0 Å². The van der Waals surface area contributed by atoms with E-state index in [4.69, 9.17) is 0 Å². The molecule has 1 aromatic rings. The number of aliphatic carboxylic acids is 1. The highest BCUT2D eigenvalue weighted by atomic mass is 32.2. The van der Waals surface area contributed by atoms with Gasteiger partial charge >= 0.3 is 5.97 Å². The zero-order valence-corrected chi connectivity index (χ0v) is 13.0. The molecule has 1 aliphatic carbocycles. The van der Waals surface area contributed by atoms with E-state index in [1.165, 1.54) is 0 Å². The standard InChI is InChI=1S/C16H19NO3S/c1-9-3-4-10(2)12(7-9)14(18)17-13(16(19)20)8-21-15(17)11-5-6-11/h3-4,7,11,13,15H,5-6,8H2,1-2H3,(H,19,20). The van der Waals surface area contributed by atoms with Gasteiger partial charge in [0.25, 0.3) is 5.91 Å². The van der Waals surface area contributed by atoms with Gasteiger partial charge in [-0.05, 0) is 44.2 Å². The van der Waals surface area contributed by atoms with Crippen LogP contribution in [0.1, 0.15) is 34.3 Å². The Morgan fingerprint density at radius 3 is 2.62 bits per heavy atom. The van der Waals surface area contributed by atoms with Crippen molar-refractivity contribution in [3.05, 3.63) is 34.9 Å². The maximum Gasteiger partial charge on any atom is 0.327 e. The Morgan fingerprint density at radius 1 is 1.29 bits per heavy atom. The molecule has 0 radical (unpaired) electrons.